The van der Waals surface area contributed by atoms with Gasteiger partial charge in [-0.15, -0.1) is 0 Å². The number of fused-ring (bicyclic) bond motifs is 1. The largest absolute Gasteiger partial charge is 0.487 e. The first-order valence-corrected chi connectivity index (χ1v) is 9.55. The number of nitrogens with one attached hydrogen (secondary N) is 1. The van der Waals surface area contributed by atoms with E-state index in [1.807, 2.05) is 32.0 Å². The summed E-state index contributed by atoms with van der Waals surface area (Å²) >= 11 is 0. The lowest BCUT2D eigenvalue weighted by atomic mass is 9.86. The van der Waals surface area contributed by atoms with Crippen molar-refractivity contribution < 1.29 is 14.1 Å². The summed E-state index contributed by atoms with van der Waals surface area (Å²) in [5, 5.41) is 7.22. The van der Waals surface area contributed by atoms with Gasteiger partial charge in [-0.25, -0.2) is 0 Å². The quantitative estimate of drug-likeness (QED) is 0.895. The van der Waals surface area contributed by atoms with Crippen LogP contribution in [0.15, 0.2) is 28.8 Å². The maximum atomic E-state index is 12.6. The van der Waals surface area contributed by atoms with E-state index in [4.69, 9.17) is 9.26 Å². The van der Waals surface area contributed by atoms with Crippen molar-refractivity contribution in [3.05, 3.63) is 46.8 Å². The predicted octanol–water partition coefficient (Wildman–Crippen LogP) is 4.18. The highest BCUT2D eigenvalue weighted by atomic mass is 16.5. The van der Waals surface area contributed by atoms with Crippen molar-refractivity contribution in [3.8, 4) is 5.75 Å². The molecule has 5 heteroatoms. The number of hydrogen-bond donors (Lipinski definition) is 1. The van der Waals surface area contributed by atoms with E-state index in [9.17, 15) is 4.79 Å². The van der Waals surface area contributed by atoms with Gasteiger partial charge in [0.2, 0.25) is 5.91 Å². The molecule has 1 N–H and O–H groups in total. The molecule has 2 heterocycles. The van der Waals surface area contributed by atoms with Gasteiger partial charge in [0.05, 0.1) is 11.7 Å². The first kappa shape index (κ1) is 17.1. The topological polar surface area (TPSA) is 64.4 Å². The molecule has 26 heavy (non-hydrogen) atoms. The Hall–Kier alpha value is -2.30. The zero-order chi connectivity index (χ0) is 18.1. The Morgan fingerprint density at radius 2 is 2.04 bits per heavy atom. The van der Waals surface area contributed by atoms with E-state index in [-0.39, 0.29) is 17.6 Å². The van der Waals surface area contributed by atoms with Crippen molar-refractivity contribution in [2.75, 3.05) is 0 Å². The molecule has 1 amide bonds. The maximum Gasteiger partial charge on any atom is 0.220 e. The van der Waals surface area contributed by atoms with Crippen LogP contribution < -0.4 is 10.1 Å². The summed E-state index contributed by atoms with van der Waals surface area (Å²) in [4.78, 5) is 12.6. The van der Waals surface area contributed by atoms with Crippen molar-refractivity contribution in [3.63, 3.8) is 0 Å². The SMILES string of the molecule is Cc1noc(C)c1CCC(=O)NC1CC2(CCCC2)Oc2ccccc21. The van der Waals surface area contributed by atoms with Gasteiger partial charge < -0.3 is 14.6 Å². The molecule has 1 spiro atoms. The lowest BCUT2D eigenvalue weighted by Gasteiger charge is -2.40. The Morgan fingerprint density at radius 1 is 1.27 bits per heavy atom. The van der Waals surface area contributed by atoms with Gasteiger partial charge in [0, 0.05) is 24.0 Å². The first-order chi connectivity index (χ1) is 12.6. The molecular formula is C21H26N2O3. The lowest BCUT2D eigenvalue weighted by molar-refractivity contribution is -0.122. The highest BCUT2D eigenvalue weighted by molar-refractivity contribution is 5.77. The number of hydrogen-bond acceptors (Lipinski definition) is 4. The fourth-order valence-corrected chi connectivity index (χ4v) is 4.44. The van der Waals surface area contributed by atoms with Crippen LogP contribution in [0.25, 0.3) is 0 Å². The molecule has 0 bridgehead atoms. The van der Waals surface area contributed by atoms with Crippen LogP contribution in [0.2, 0.25) is 0 Å². The molecule has 2 aliphatic rings. The number of carbonyl (C=O) groups is 1. The zero-order valence-corrected chi connectivity index (χ0v) is 15.5. The summed E-state index contributed by atoms with van der Waals surface area (Å²) in [6.07, 6.45) is 6.52. The molecule has 1 aliphatic heterocycles. The number of nitrogens with zero attached hydrogens (tertiary/aromatic N) is 1. The Balaban J connectivity index is 1.47. The molecule has 1 aliphatic carbocycles. The van der Waals surface area contributed by atoms with E-state index in [0.29, 0.717) is 12.8 Å². The third-order valence-electron chi connectivity index (χ3n) is 5.83. The van der Waals surface area contributed by atoms with Gasteiger partial charge in [-0.2, -0.15) is 0 Å². The minimum Gasteiger partial charge on any atom is -0.487 e. The maximum absolute atomic E-state index is 12.6. The molecule has 4 rings (SSSR count). The molecule has 0 radical (unpaired) electrons. The predicted molar refractivity (Wildman–Crippen MR) is 98.1 cm³/mol. The Kier molecular flexibility index (Phi) is 4.47. The zero-order valence-electron chi connectivity index (χ0n) is 15.5. The Morgan fingerprint density at radius 3 is 2.77 bits per heavy atom. The third kappa shape index (κ3) is 3.22. The number of para-hydroxylation sites is 1. The Labute approximate surface area is 154 Å². The van der Waals surface area contributed by atoms with Gasteiger partial charge in [0.15, 0.2) is 0 Å². The smallest absolute Gasteiger partial charge is 0.220 e. The average Bonchev–Trinajstić information content (AvgIpc) is 3.20. The molecule has 138 valence electrons. The normalized spacial score (nSPS) is 20.6. The molecule has 1 atom stereocenters. The van der Waals surface area contributed by atoms with Crippen LogP contribution in [0.3, 0.4) is 0 Å². The highest BCUT2D eigenvalue weighted by Gasteiger charge is 2.43. The number of ether oxygens (including phenoxy) is 1. The minimum atomic E-state index is -0.103. The molecule has 1 unspecified atom stereocenters. The molecule has 1 aromatic heterocycles. The van der Waals surface area contributed by atoms with Crippen molar-refractivity contribution in [1.82, 2.24) is 10.5 Å². The molecule has 1 fully saturated rings. The second-order valence-corrected chi connectivity index (χ2v) is 7.66. The summed E-state index contributed by atoms with van der Waals surface area (Å²) in [6.45, 7) is 3.81. The average molecular weight is 354 g/mol. The molecule has 0 saturated heterocycles. The highest BCUT2D eigenvalue weighted by Crippen LogP contribution is 2.47. The van der Waals surface area contributed by atoms with E-state index >= 15 is 0 Å². The molecular weight excluding hydrogens is 328 g/mol. The van der Waals surface area contributed by atoms with Crippen LogP contribution in [0.1, 0.15) is 67.1 Å². The van der Waals surface area contributed by atoms with Crippen LogP contribution in [0.5, 0.6) is 5.75 Å². The monoisotopic (exact) mass is 354 g/mol. The van der Waals surface area contributed by atoms with Gasteiger partial charge in [-0.05, 0) is 52.0 Å². The number of aromatic nitrogens is 1. The third-order valence-corrected chi connectivity index (χ3v) is 5.83. The van der Waals surface area contributed by atoms with E-state index < -0.39 is 0 Å². The standard InChI is InChI=1S/C21H26N2O3/c1-14-16(15(2)26-23-14)9-10-20(24)22-18-13-21(11-5-6-12-21)25-19-8-4-3-7-17(18)19/h3-4,7-8,18H,5-6,9-13H2,1-2H3,(H,22,24). The molecule has 1 aromatic carbocycles. The van der Waals surface area contributed by atoms with Crippen LogP contribution in [0.4, 0.5) is 0 Å². The number of benzene rings is 1. The van der Waals surface area contributed by atoms with Crippen molar-refractivity contribution in [2.45, 2.75) is 70.4 Å². The van der Waals surface area contributed by atoms with Gasteiger partial charge in [-0.1, -0.05) is 23.4 Å². The summed E-state index contributed by atoms with van der Waals surface area (Å²) < 4.78 is 11.6. The van der Waals surface area contributed by atoms with Gasteiger partial charge in [0.1, 0.15) is 17.1 Å². The van der Waals surface area contributed by atoms with E-state index in [0.717, 1.165) is 47.6 Å². The molecule has 2 aromatic rings. The summed E-state index contributed by atoms with van der Waals surface area (Å²) in [5.41, 5.74) is 2.90. The van der Waals surface area contributed by atoms with E-state index in [1.165, 1.54) is 12.8 Å². The van der Waals surface area contributed by atoms with Crippen LogP contribution in [0, 0.1) is 13.8 Å². The fourth-order valence-electron chi connectivity index (χ4n) is 4.44. The van der Waals surface area contributed by atoms with Crippen LogP contribution in [-0.2, 0) is 11.2 Å². The van der Waals surface area contributed by atoms with Gasteiger partial charge in [0.25, 0.3) is 0 Å². The van der Waals surface area contributed by atoms with Crippen molar-refractivity contribution >= 4 is 5.91 Å². The number of rotatable bonds is 4. The Bertz CT molecular complexity index is 786. The fraction of sp³-hybridized carbons (Fsp3) is 0.524. The molecule has 5 nitrogen and oxygen atoms in total. The second-order valence-electron chi connectivity index (χ2n) is 7.66. The lowest BCUT2D eigenvalue weighted by Crippen LogP contribution is -2.43. The number of carbonyl (C=O) groups excluding carboxylic acids is 1. The first-order valence-electron chi connectivity index (χ1n) is 9.55. The summed E-state index contributed by atoms with van der Waals surface area (Å²) in [5.74, 6) is 1.80. The minimum absolute atomic E-state index is 0.0234. The van der Waals surface area contributed by atoms with Crippen LogP contribution >= 0.6 is 0 Å². The van der Waals surface area contributed by atoms with Gasteiger partial charge >= 0.3 is 0 Å². The van der Waals surface area contributed by atoms with Crippen LogP contribution in [-0.4, -0.2) is 16.7 Å². The number of amides is 1. The van der Waals surface area contributed by atoms with Crippen molar-refractivity contribution in [2.24, 2.45) is 0 Å². The van der Waals surface area contributed by atoms with Gasteiger partial charge in [-0.3, -0.25) is 4.79 Å². The second kappa shape index (κ2) is 6.78. The van der Waals surface area contributed by atoms with E-state index in [2.05, 4.69) is 16.5 Å². The van der Waals surface area contributed by atoms with Crippen molar-refractivity contribution in [1.29, 1.82) is 0 Å². The summed E-state index contributed by atoms with van der Waals surface area (Å²) in [7, 11) is 0. The summed E-state index contributed by atoms with van der Waals surface area (Å²) in [6, 6.07) is 8.13. The van der Waals surface area contributed by atoms with E-state index in [1.54, 1.807) is 0 Å². The molecule has 1 saturated carbocycles. The number of aryl methyl sites for hydroxylation is 2.